The molecule has 1 aliphatic rings. The molecule has 1 saturated heterocycles. The van der Waals surface area contributed by atoms with Crippen LogP contribution in [0.3, 0.4) is 0 Å². The molecule has 0 N–H and O–H groups in total. The number of amides is 2. The van der Waals surface area contributed by atoms with E-state index in [1.165, 1.54) is 12.0 Å². The Hall–Kier alpha value is -1.32. The average molecular weight is 562 g/mol. The van der Waals surface area contributed by atoms with Gasteiger partial charge in [-0.1, -0.05) is 23.7 Å². The van der Waals surface area contributed by atoms with Crippen molar-refractivity contribution in [2.45, 2.75) is 6.61 Å². The molecule has 2 aromatic carbocycles. The molecule has 0 aromatic heterocycles. The number of carbonyl (C=O) groups is 2. The first-order valence-electron chi connectivity index (χ1n) is 8.49. The van der Waals surface area contributed by atoms with E-state index >= 15 is 0 Å². The van der Waals surface area contributed by atoms with Crippen LogP contribution in [0.25, 0.3) is 6.08 Å². The van der Waals surface area contributed by atoms with Crippen molar-refractivity contribution in [1.29, 1.82) is 0 Å². The van der Waals surface area contributed by atoms with Gasteiger partial charge in [0, 0.05) is 12.1 Å². The number of halogens is 3. The van der Waals surface area contributed by atoms with E-state index in [9.17, 15) is 9.59 Å². The van der Waals surface area contributed by atoms with Gasteiger partial charge in [-0.25, -0.2) is 0 Å². The van der Waals surface area contributed by atoms with E-state index in [1.807, 2.05) is 36.4 Å². The first-order valence-corrected chi connectivity index (χ1v) is 11.3. The van der Waals surface area contributed by atoms with Gasteiger partial charge in [0.25, 0.3) is 11.1 Å². The van der Waals surface area contributed by atoms with Gasteiger partial charge in [-0.15, -0.1) is 0 Å². The molecule has 0 radical (unpaired) electrons. The molecule has 1 fully saturated rings. The van der Waals surface area contributed by atoms with Crippen LogP contribution in [0, 0.1) is 0 Å². The first-order chi connectivity index (χ1) is 13.9. The summed E-state index contributed by atoms with van der Waals surface area (Å²) >= 11 is 13.9. The molecule has 2 amide bonds. The van der Waals surface area contributed by atoms with Crippen LogP contribution in [0.15, 0.2) is 50.2 Å². The number of hydrogen-bond donors (Lipinski definition) is 0. The van der Waals surface area contributed by atoms with Gasteiger partial charge in [0.15, 0.2) is 0 Å². The van der Waals surface area contributed by atoms with Crippen molar-refractivity contribution in [3.05, 3.63) is 66.4 Å². The fraction of sp³-hybridized carbons (Fsp3) is 0.200. The number of rotatable bonds is 7. The van der Waals surface area contributed by atoms with E-state index in [4.69, 9.17) is 21.1 Å². The van der Waals surface area contributed by atoms with Crippen LogP contribution in [0.1, 0.15) is 11.1 Å². The molecule has 29 heavy (non-hydrogen) atoms. The molecule has 0 spiro atoms. The van der Waals surface area contributed by atoms with E-state index in [0.29, 0.717) is 28.9 Å². The lowest BCUT2D eigenvalue weighted by molar-refractivity contribution is -0.123. The maximum atomic E-state index is 12.4. The van der Waals surface area contributed by atoms with Crippen molar-refractivity contribution in [2.75, 3.05) is 20.3 Å². The predicted molar refractivity (Wildman–Crippen MR) is 122 cm³/mol. The number of imide groups is 1. The maximum Gasteiger partial charge on any atom is 0.293 e. The smallest absolute Gasteiger partial charge is 0.293 e. The molecule has 2 aromatic rings. The molecule has 3 rings (SSSR count). The molecular formula is C20H16Br2ClNO4S. The number of thioether (sulfide) groups is 1. The highest BCUT2D eigenvalue weighted by atomic mass is 79.9. The van der Waals surface area contributed by atoms with Crippen molar-refractivity contribution in [1.82, 2.24) is 4.90 Å². The van der Waals surface area contributed by atoms with Gasteiger partial charge >= 0.3 is 0 Å². The van der Waals surface area contributed by atoms with E-state index in [0.717, 1.165) is 31.8 Å². The molecule has 0 atom stereocenters. The predicted octanol–water partition coefficient (Wildman–Crippen LogP) is 6.13. The molecule has 9 heteroatoms. The second-order valence-electron chi connectivity index (χ2n) is 6.05. The Kier molecular flexibility index (Phi) is 7.81. The molecule has 5 nitrogen and oxygen atoms in total. The lowest BCUT2D eigenvalue weighted by Gasteiger charge is -2.12. The Morgan fingerprint density at radius 3 is 2.41 bits per heavy atom. The molecule has 1 heterocycles. The number of benzene rings is 2. The minimum atomic E-state index is -0.313. The molecule has 1 aliphatic heterocycles. The zero-order valence-electron chi connectivity index (χ0n) is 15.3. The number of hydrogen-bond acceptors (Lipinski definition) is 5. The van der Waals surface area contributed by atoms with Gasteiger partial charge in [-0.3, -0.25) is 14.5 Å². The van der Waals surface area contributed by atoms with Gasteiger partial charge in [0.1, 0.15) is 12.4 Å². The van der Waals surface area contributed by atoms with Crippen LogP contribution in [0.5, 0.6) is 5.75 Å². The minimum Gasteiger partial charge on any atom is -0.487 e. The zero-order chi connectivity index (χ0) is 21.0. The fourth-order valence-electron chi connectivity index (χ4n) is 2.56. The molecule has 0 saturated carbocycles. The largest absolute Gasteiger partial charge is 0.487 e. The fourth-order valence-corrected chi connectivity index (χ4v) is 5.01. The molecule has 0 unspecified atom stereocenters. The highest BCUT2D eigenvalue weighted by molar-refractivity contribution is 9.11. The lowest BCUT2D eigenvalue weighted by Crippen LogP contribution is -2.31. The summed E-state index contributed by atoms with van der Waals surface area (Å²) in [4.78, 5) is 26.1. The Morgan fingerprint density at radius 1 is 1.14 bits per heavy atom. The Bertz CT molecular complexity index is 942. The molecular weight excluding hydrogens is 546 g/mol. The Balaban J connectivity index is 1.75. The Labute approximate surface area is 194 Å². The zero-order valence-corrected chi connectivity index (χ0v) is 20.0. The molecule has 0 bridgehead atoms. The lowest BCUT2D eigenvalue weighted by atomic mass is 10.2. The number of methoxy groups -OCH3 is 1. The van der Waals surface area contributed by atoms with Gasteiger partial charge < -0.3 is 9.47 Å². The van der Waals surface area contributed by atoms with Crippen LogP contribution in [0.2, 0.25) is 5.02 Å². The van der Waals surface area contributed by atoms with Gasteiger partial charge in [0.2, 0.25) is 0 Å². The number of carbonyl (C=O) groups excluding carboxylic acids is 2. The summed E-state index contributed by atoms with van der Waals surface area (Å²) in [5, 5.41) is 0.381. The quantitative estimate of drug-likeness (QED) is 0.381. The monoisotopic (exact) mass is 559 g/mol. The topological polar surface area (TPSA) is 55.8 Å². The summed E-state index contributed by atoms with van der Waals surface area (Å²) in [5.74, 6) is 0.331. The summed E-state index contributed by atoms with van der Waals surface area (Å²) < 4.78 is 12.3. The van der Waals surface area contributed by atoms with E-state index in [2.05, 4.69) is 31.9 Å². The van der Waals surface area contributed by atoms with Crippen LogP contribution in [-0.4, -0.2) is 36.3 Å². The first kappa shape index (κ1) is 22.4. The van der Waals surface area contributed by atoms with Crippen molar-refractivity contribution in [3.8, 4) is 5.75 Å². The van der Waals surface area contributed by atoms with Crippen molar-refractivity contribution >= 4 is 72.4 Å². The third-order valence-electron chi connectivity index (χ3n) is 4.01. The molecule has 0 aliphatic carbocycles. The summed E-state index contributed by atoms with van der Waals surface area (Å²) in [6.07, 6.45) is 1.69. The second-order valence-corrected chi connectivity index (χ2v) is 9.19. The normalized spacial score (nSPS) is 15.4. The average Bonchev–Trinajstić information content (AvgIpc) is 2.94. The van der Waals surface area contributed by atoms with Gasteiger partial charge in [-0.05, 0) is 85.1 Å². The maximum absolute atomic E-state index is 12.4. The van der Waals surface area contributed by atoms with E-state index in [1.54, 1.807) is 6.08 Å². The third-order valence-corrected chi connectivity index (χ3v) is 6.34. The highest BCUT2D eigenvalue weighted by Crippen LogP contribution is 2.38. The van der Waals surface area contributed by atoms with Crippen LogP contribution < -0.4 is 4.74 Å². The molecule has 152 valence electrons. The summed E-state index contributed by atoms with van der Waals surface area (Å²) in [6.45, 7) is 0.928. The Morgan fingerprint density at radius 2 is 1.79 bits per heavy atom. The van der Waals surface area contributed by atoms with Crippen LogP contribution in [0.4, 0.5) is 4.79 Å². The summed E-state index contributed by atoms with van der Waals surface area (Å²) in [5.41, 5.74) is 1.75. The van der Waals surface area contributed by atoms with Crippen LogP contribution in [-0.2, 0) is 16.1 Å². The SMILES string of the molecule is COCCN1C(=O)S/C(=C/c2cc(Br)c(OCc3ccc(Cl)cc3)c(Br)c2)C1=O. The van der Waals surface area contributed by atoms with Crippen molar-refractivity contribution in [3.63, 3.8) is 0 Å². The van der Waals surface area contributed by atoms with E-state index < -0.39 is 0 Å². The van der Waals surface area contributed by atoms with Gasteiger partial charge in [0.05, 0.1) is 27.0 Å². The second kappa shape index (κ2) is 10.1. The summed E-state index contributed by atoms with van der Waals surface area (Å²) in [7, 11) is 1.53. The number of ether oxygens (including phenoxy) is 2. The van der Waals surface area contributed by atoms with Crippen molar-refractivity contribution < 1.29 is 19.1 Å². The van der Waals surface area contributed by atoms with Crippen LogP contribution >= 0.6 is 55.2 Å². The minimum absolute atomic E-state index is 0.239. The standard InChI is InChI=1S/C20H16Br2ClNO4S/c1-27-7-6-24-19(25)17(29-20(24)26)10-13-8-15(21)18(16(22)9-13)28-11-12-2-4-14(23)5-3-12/h2-5,8-10H,6-7,11H2,1H3/b17-10+. The van der Waals surface area contributed by atoms with Crippen molar-refractivity contribution in [2.24, 2.45) is 0 Å². The highest BCUT2D eigenvalue weighted by Gasteiger charge is 2.34. The third kappa shape index (κ3) is 5.64. The summed E-state index contributed by atoms with van der Waals surface area (Å²) in [6, 6.07) is 11.1. The number of nitrogens with zero attached hydrogens (tertiary/aromatic N) is 1. The van der Waals surface area contributed by atoms with Gasteiger partial charge in [-0.2, -0.15) is 0 Å². The van der Waals surface area contributed by atoms with E-state index in [-0.39, 0.29) is 17.7 Å².